The molecule has 0 aromatic carbocycles. The molecule has 0 bridgehead atoms. The Morgan fingerprint density at radius 2 is 2.11 bits per heavy atom. The van der Waals surface area contributed by atoms with Gasteiger partial charge in [0, 0.05) is 18.1 Å². The number of ether oxygens (including phenoxy) is 1. The molecule has 102 valence electrons. The Kier molecular flexibility index (Phi) is 4.47. The van der Waals surface area contributed by atoms with Gasteiger partial charge >= 0.3 is 0 Å². The van der Waals surface area contributed by atoms with Gasteiger partial charge in [0.1, 0.15) is 12.4 Å². The maximum atomic E-state index is 6.19. The lowest BCUT2D eigenvalue weighted by Gasteiger charge is -2.10. The number of alkyl halides is 1. The number of aryl methyl sites for hydroxylation is 3. The van der Waals surface area contributed by atoms with Crippen LogP contribution in [0.5, 0.6) is 5.75 Å². The van der Waals surface area contributed by atoms with Gasteiger partial charge in [0.05, 0.1) is 22.1 Å². The van der Waals surface area contributed by atoms with Crippen LogP contribution in [0, 0.1) is 13.8 Å². The Morgan fingerprint density at radius 1 is 1.37 bits per heavy atom. The highest BCUT2D eigenvalue weighted by molar-refractivity contribution is 9.08. The van der Waals surface area contributed by atoms with Crippen LogP contribution in [0.15, 0.2) is 12.1 Å². The molecular formula is C13H15BrClN3O. The van der Waals surface area contributed by atoms with Gasteiger partial charge in [0.25, 0.3) is 0 Å². The second-order valence-corrected chi connectivity index (χ2v) is 5.23. The first-order valence-corrected chi connectivity index (χ1v) is 7.36. The van der Waals surface area contributed by atoms with Gasteiger partial charge in [-0.2, -0.15) is 5.10 Å². The predicted octanol–water partition coefficient (Wildman–Crippen LogP) is 3.56. The van der Waals surface area contributed by atoms with Crippen LogP contribution < -0.4 is 4.74 Å². The normalized spacial score (nSPS) is 10.8. The molecule has 0 N–H and O–H groups in total. The summed E-state index contributed by atoms with van der Waals surface area (Å²) in [5, 5.41) is 5.57. The Labute approximate surface area is 125 Å². The SMILES string of the molecule is Cc1ccc(OCc2c(Cl)c(C)nn2C)c(CBr)n1. The molecule has 0 aliphatic carbocycles. The summed E-state index contributed by atoms with van der Waals surface area (Å²) < 4.78 is 7.55. The number of halogens is 2. The van der Waals surface area contributed by atoms with Crippen molar-refractivity contribution in [3.05, 3.63) is 39.9 Å². The molecule has 2 rings (SSSR count). The Hall–Kier alpha value is -1.07. The number of rotatable bonds is 4. The van der Waals surface area contributed by atoms with Crippen LogP contribution in [-0.2, 0) is 19.0 Å². The van der Waals surface area contributed by atoms with Gasteiger partial charge < -0.3 is 4.74 Å². The summed E-state index contributed by atoms with van der Waals surface area (Å²) in [6, 6.07) is 3.85. The van der Waals surface area contributed by atoms with Crippen molar-refractivity contribution in [1.82, 2.24) is 14.8 Å². The Bertz CT molecular complexity index is 598. The molecule has 0 saturated carbocycles. The maximum Gasteiger partial charge on any atom is 0.142 e. The number of hydrogen-bond acceptors (Lipinski definition) is 3. The van der Waals surface area contributed by atoms with E-state index in [0.717, 1.165) is 28.5 Å². The van der Waals surface area contributed by atoms with Gasteiger partial charge in [-0.1, -0.05) is 27.5 Å². The van der Waals surface area contributed by atoms with Crippen molar-refractivity contribution in [2.75, 3.05) is 0 Å². The lowest BCUT2D eigenvalue weighted by Crippen LogP contribution is -2.05. The molecule has 6 heteroatoms. The van der Waals surface area contributed by atoms with Crippen molar-refractivity contribution in [1.29, 1.82) is 0 Å². The largest absolute Gasteiger partial charge is 0.485 e. The van der Waals surface area contributed by atoms with Crippen molar-refractivity contribution in [3.63, 3.8) is 0 Å². The monoisotopic (exact) mass is 343 g/mol. The highest BCUT2D eigenvalue weighted by Gasteiger charge is 2.13. The standard InChI is InChI=1S/C13H15BrClN3O/c1-8-4-5-12(10(6-14)16-8)19-7-11-13(15)9(2)17-18(11)3/h4-5H,6-7H2,1-3H3. The average Bonchev–Trinajstić information content (AvgIpc) is 2.62. The lowest BCUT2D eigenvalue weighted by atomic mass is 10.3. The summed E-state index contributed by atoms with van der Waals surface area (Å²) >= 11 is 9.61. The summed E-state index contributed by atoms with van der Waals surface area (Å²) in [6.45, 7) is 4.21. The van der Waals surface area contributed by atoms with E-state index in [-0.39, 0.29) is 0 Å². The van der Waals surface area contributed by atoms with Crippen LogP contribution in [0.1, 0.15) is 22.8 Å². The van der Waals surface area contributed by atoms with Gasteiger partial charge in [-0.05, 0) is 26.0 Å². The fraction of sp³-hybridized carbons (Fsp3) is 0.385. The van der Waals surface area contributed by atoms with Crippen LogP contribution in [0.2, 0.25) is 5.02 Å². The third-order valence-corrected chi connectivity index (χ3v) is 3.85. The van der Waals surface area contributed by atoms with Gasteiger partial charge in [-0.3, -0.25) is 9.67 Å². The molecular weight excluding hydrogens is 330 g/mol. The Balaban J connectivity index is 2.19. The van der Waals surface area contributed by atoms with Gasteiger partial charge in [0.15, 0.2) is 0 Å². The van der Waals surface area contributed by atoms with E-state index >= 15 is 0 Å². The number of nitrogens with zero attached hydrogens (tertiary/aromatic N) is 3. The summed E-state index contributed by atoms with van der Waals surface area (Å²) in [5.41, 5.74) is 3.52. The van der Waals surface area contributed by atoms with E-state index in [2.05, 4.69) is 26.0 Å². The van der Waals surface area contributed by atoms with E-state index in [1.54, 1.807) is 4.68 Å². The minimum absolute atomic E-state index is 0.376. The molecule has 0 radical (unpaired) electrons. The maximum absolute atomic E-state index is 6.19. The van der Waals surface area contributed by atoms with E-state index in [9.17, 15) is 0 Å². The molecule has 2 heterocycles. The van der Waals surface area contributed by atoms with Crippen molar-refractivity contribution in [2.24, 2.45) is 7.05 Å². The minimum Gasteiger partial charge on any atom is -0.485 e. The highest BCUT2D eigenvalue weighted by atomic mass is 79.9. The van der Waals surface area contributed by atoms with Gasteiger partial charge in [0.2, 0.25) is 0 Å². The molecule has 0 atom stereocenters. The lowest BCUT2D eigenvalue weighted by molar-refractivity contribution is 0.291. The molecule has 2 aromatic heterocycles. The van der Waals surface area contributed by atoms with Crippen LogP contribution in [0.4, 0.5) is 0 Å². The third kappa shape index (κ3) is 3.09. The summed E-state index contributed by atoms with van der Waals surface area (Å²) in [5.74, 6) is 0.761. The first-order valence-electron chi connectivity index (χ1n) is 5.86. The minimum atomic E-state index is 0.376. The van der Waals surface area contributed by atoms with Gasteiger partial charge in [-0.25, -0.2) is 0 Å². The number of aromatic nitrogens is 3. The molecule has 0 unspecified atom stereocenters. The van der Waals surface area contributed by atoms with Crippen LogP contribution in [0.3, 0.4) is 0 Å². The molecule has 0 amide bonds. The molecule has 4 nitrogen and oxygen atoms in total. The van der Waals surface area contributed by atoms with Crippen molar-refractivity contribution < 1.29 is 4.74 Å². The zero-order valence-corrected chi connectivity index (χ0v) is 13.4. The van der Waals surface area contributed by atoms with E-state index in [0.29, 0.717) is 17.0 Å². The van der Waals surface area contributed by atoms with E-state index in [4.69, 9.17) is 16.3 Å². The Morgan fingerprint density at radius 3 is 2.68 bits per heavy atom. The van der Waals surface area contributed by atoms with Crippen molar-refractivity contribution in [3.8, 4) is 5.75 Å². The topological polar surface area (TPSA) is 39.9 Å². The van der Waals surface area contributed by atoms with E-state index in [1.165, 1.54) is 0 Å². The molecule has 0 aliphatic rings. The second kappa shape index (κ2) is 5.92. The van der Waals surface area contributed by atoms with Crippen LogP contribution >= 0.6 is 27.5 Å². The van der Waals surface area contributed by atoms with E-state index < -0.39 is 0 Å². The fourth-order valence-electron chi connectivity index (χ4n) is 1.81. The molecule has 0 aliphatic heterocycles. The van der Waals surface area contributed by atoms with E-state index in [1.807, 2.05) is 33.0 Å². The quantitative estimate of drug-likeness (QED) is 0.796. The molecule has 0 fully saturated rings. The molecule has 0 saturated heterocycles. The zero-order chi connectivity index (χ0) is 14.0. The van der Waals surface area contributed by atoms with Crippen LogP contribution in [0.25, 0.3) is 0 Å². The van der Waals surface area contributed by atoms with Crippen LogP contribution in [-0.4, -0.2) is 14.8 Å². The summed E-state index contributed by atoms with van der Waals surface area (Å²) in [7, 11) is 1.86. The summed E-state index contributed by atoms with van der Waals surface area (Å²) in [4.78, 5) is 4.43. The first kappa shape index (κ1) is 14.3. The second-order valence-electron chi connectivity index (χ2n) is 4.29. The predicted molar refractivity (Wildman–Crippen MR) is 78.9 cm³/mol. The zero-order valence-electron chi connectivity index (χ0n) is 11.1. The molecule has 19 heavy (non-hydrogen) atoms. The first-order chi connectivity index (χ1) is 9.02. The average molecular weight is 345 g/mol. The molecule has 2 aromatic rings. The fourth-order valence-corrected chi connectivity index (χ4v) is 2.42. The number of hydrogen-bond donors (Lipinski definition) is 0. The summed E-state index contributed by atoms with van der Waals surface area (Å²) in [6.07, 6.45) is 0. The van der Waals surface area contributed by atoms with Crippen molar-refractivity contribution in [2.45, 2.75) is 25.8 Å². The number of pyridine rings is 1. The van der Waals surface area contributed by atoms with Gasteiger partial charge in [-0.15, -0.1) is 0 Å². The smallest absolute Gasteiger partial charge is 0.142 e. The molecule has 0 spiro atoms. The van der Waals surface area contributed by atoms with Crippen molar-refractivity contribution >= 4 is 27.5 Å². The third-order valence-electron chi connectivity index (χ3n) is 2.82. The highest BCUT2D eigenvalue weighted by Crippen LogP contribution is 2.24.